The Labute approximate surface area is 211 Å². The van der Waals surface area contributed by atoms with Crippen molar-refractivity contribution in [1.82, 2.24) is 19.9 Å². The van der Waals surface area contributed by atoms with Crippen LogP contribution in [0, 0.1) is 5.92 Å². The van der Waals surface area contributed by atoms with Crippen molar-refractivity contribution < 1.29 is 14.6 Å². The second-order valence-electron chi connectivity index (χ2n) is 10.1. The minimum atomic E-state index is -0.608. The maximum absolute atomic E-state index is 10.0. The van der Waals surface area contributed by atoms with E-state index < -0.39 is 6.10 Å². The van der Waals surface area contributed by atoms with Crippen molar-refractivity contribution in [2.24, 2.45) is 5.92 Å². The highest BCUT2D eigenvalue weighted by Gasteiger charge is 2.39. The number of aromatic nitrogens is 3. The summed E-state index contributed by atoms with van der Waals surface area (Å²) in [6.45, 7) is 8.88. The first-order valence-electron chi connectivity index (χ1n) is 12.4. The Morgan fingerprint density at radius 3 is 2.83 bits per heavy atom. The molecule has 5 rings (SSSR count). The number of hydrogen-bond donors (Lipinski definition) is 2. The third-order valence-corrected chi connectivity index (χ3v) is 7.15. The summed E-state index contributed by atoms with van der Waals surface area (Å²) in [4.78, 5) is 7.41. The summed E-state index contributed by atoms with van der Waals surface area (Å²) in [7, 11) is 1.79. The normalized spacial score (nSPS) is 22.8. The molecule has 2 saturated heterocycles. The van der Waals surface area contributed by atoms with Gasteiger partial charge in [0.15, 0.2) is 5.65 Å². The van der Waals surface area contributed by atoms with Crippen LogP contribution in [0.2, 0.25) is 5.02 Å². The van der Waals surface area contributed by atoms with Gasteiger partial charge in [0, 0.05) is 41.9 Å². The van der Waals surface area contributed by atoms with Crippen LogP contribution in [-0.4, -0.2) is 71.3 Å². The van der Waals surface area contributed by atoms with Gasteiger partial charge in [0.05, 0.1) is 24.1 Å². The number of benzene rings is 1. The molecule has 2 aliphatic heterocycles. The lowest BCUT2D eigenvalue weighted by Gasteiger charge is -2.34. The van der Waals surface area contributed by atoms with Crippen molar-refractivity contribution in [2.75, 3.05) is 38.2 Å². The van der Waals surface area contributed by atoms with Crippen molar-refractivity contribution in [3.63, 3.8) is 0 Å². The van der Waals surface area contributed by atoms with Gasteiger partial charge in [0.2, 0.25) is 0 Å². The Morgan fingerprint density at radius 2 is 2.09 bits per heavy atom. The van der Waals surface area contributed by atoms with E-state index in [9.17, 15) is 5.11 Å². The summed E-state index contributed by atoms with van der Waals surface area (Å²) in [6, 6.07) is 7.68. The first-order valence-corrected chi connectivity index (χ1v) is 12.8. The van der Waals surface area contributed by atoms with Gasteiger partial charge in [-0.1, -0.05) is 32.4 Å². The monoisotopic (exact) mass is 499 g/mol. The number of fused-ring (bicyclic) bond motifs is 3. The third-order valence-electron chi connectivity index (χ3n) is 6.94. The Balaban J connectivity index is 1.55. The number of morpholine rings is 1. The van der Waals surface area contributed by atoms with Crippen LogP contribution in [0.4, 0.5) is 5.82 Å². The fourth-order valence-corrected chi connectivity index (χ4v) is 5.32. The quantitative estimate of drug-likeness (QED) is 0.488. The van der Waals surface area contributed by atoms with Crippen molar-refractivity contribution >= 4 is 23.1 Å². The maximum atomic E-state index is 10.0. The zero-order valence-electron chi connectivity index (χ0n) is 20.7. The van der Waals surface area contributed by atoms with E-state index in [2.05, 4.69) is 37.1 Å². The van der Waals surface area contributed by atoms with Gasteiger partial charge in [-0.3, -0.25) is 0 Å². The molecular formula is C26H34ClN5O3. The molecule has 2 fully saturated rings. The number of halogens is 1. The van der Waals surface area contributed by atoms with Gasteiger partial charge in [-0.05, 0) is 43.5 Å². The van der Waals surface area contributed by atoms with Crippen LogP contribution in [0.15, 0.2) is 30.5 Å². The zero-order chi connectivity index (χ0) is 24.7. The van der Waals surface area contributed by atoms with Crippen molar-refractivity contribution in [3.8, 4) is 17.0 Å². The van der Waals surface area contributed by atoms with Gasteiger partial charge in [-0.2, -0.15) is 9.61 Å². The number of likely N-dealkylation sites (N-methyl/N-ethyl adjacent to an activating group) is 1. The molecule has 0 spiro atoms. The van der Waals surface area contributed by atoms with Gasteiger partial charge in [-0.15, -0.1) is 0 Å². The molecule has 2 bridgehead atoms. The highest BCUT2D eigenvalue weighted by molar-refractivity contribution is 6.31. The molecule has 1 aromatic carbocycles. The molecule has 4 heterocycles. The predicted octanol–water partition coefficient (Wildman–Crippen LogP) is 3.75. The van der Waals surface area contributed by atoms with Crippen LogP contribution < -0.4 is 15.0 Å². The first-order chi connectivity index (χ1) is 16.8. The summed E-state index contributed by atoms with van der Waals surface area (Å²) in [5.41, 5.74) is 3.63. The Kier molecular flexibility index (Phi) is 6.90. The SMILES string of the molecule is CNCC(O)COc1cc(Cl)cc(-c2cc(N3CC4C[C@@H](C)C(C3)O4)n3ncc(C(C)C)c3n2)c1. The summed E-state index contributed by atoms with van der Waals surface area (Å²) in [5.74, 6) is 2.45. The summed E-state index contributed by atoms with van der Waals surface area (Å²) in [6.07, 6.45) is 2.88. The number of hydrogen-bond acceptors (Lipinski definition) is 7. The molecule has 0 radical (unpaired) electrons. The van der Waals surface area contributed by atoms with Gasteiger partial charge >= 0.3 is 0 Å². The van der Waals surface area contributed by atoms with Crippen LogP contribution >= 0.6 is 11.6 Å². The summed E-state index contributed by atoms with van der Waals surface area (Å²) in [5, 5.41) is 18.3. The molecule has 8 nitrogen and oxygen atoms in total. The lowest BCUT2D eigenvalue weighted by atomic mass is 10.0. The molecule has 0 aliphatic carbocycles. The molecule has 2 aromatic heterocycles. The number of aliphatic hydroxyl groups is 1. The van der Waals surface area contributed by atoms with E-state index in [1.807, 2.05) is 22.8 Å². The average Bonchev–Trinajstić information content (AvgIpc) is 3.36. The minimum Gasteiger partial charge on any atom is -0.491 e. The van der Waals surface area contributed by atoms with E-state index in [1.165, 1.54) is 0 Å². The van der Waals surface area contributed by atoms with Gasteiger partial charge in [0.25, 0.3) is 0 Å². The summed E-state index contributed by atoms with van der Waals surface area (Å²) < 4.78 is 14.0. The molecule has 0 saturated carbocycles. The van der Waals surface area contributed by atoms with Crippen LogP contribution in [-0.2, 0) is 4.74 Å². The highest BCUT2D eigenvalue weighted by atomic mass is 35.5. The van der Waals surface area contributed by atoms with Crippen LogP contribution in [0.25, 0.3) is 16.9 Å². The molecule has 35 heavy (non-hydrogen) atoms. The molecule has 9 heteroatoms. The Bertz CT molecular complexity index is 1200. The highest BCUT2D eigenvalue weighted by Crippen LogP contribution is 2.36. The molecule has 4 atom stereocenters. The smallest absolute Gasteiger partial charge is 0.161 e. The minimum absolute atomic E-state index is 0.174. The lowest BCUT2D eigenvalue weighted by molar-refractivity contribution is 0.0215. The van der Waals surface area contributed by atoms with Crippen LogP contribution in [0.1, 0.15) is 38.7 Å². The molecule has 3 aromatic rings. The maximum Gasteiger partial charge on any atom is 0.161 e. The fourth-order valence-electron chi connectivity index (χ4n) is 5.09. The van der Waals surface area contributed by atoms with E-state index in [0.717, 1.165) is 47.8 Å². The van der Waals surface area contributed by atoms with E-state index in [4.69, 9.17) is 31.2 Å². The average molecular weight is 500 g/mol. The van der Waals surface area contributed by atoms with E-state index in [1.54, 1.807) is 13.1 Å². The number of ether oxygens (including phenoxy) is 2. The molecule has 2 aliphatic rings. The number of nitrogens with one attached hydrogen (secondary N) is 1. The Hall–Kier alpha value is -2.39. The lowest BCUT2D eigenvalue weighted by Crippen LogP contribution is -2.44. The summed E-state index contributed by atoms with van der Waals surface area (Å²) >= 11 is 6.48. The zero-order valence-corrected chi connectivity index (χ0v) is 21.5. The number of nitrogens with zero attached hydrogens (tertiary/aromatic N) is 4. The van der Waals surface area contributed by atoms with Crippen molar-refractivity contribution in [1.29, 1.82) is 0 Å². The van der Waals surface area contributed by atoms with E-state index in [0.29, 0.717) is 23.2 Å². The number of anilines is 1. The van der Waals surface area contributed by atoms with E-state index >= 15 is 0 Å². The molecular weight excluding hydrogens is 466 g/mol. The molecule has 0 amide bonds. The van der Waals surface area contributed by atoms with Gasteiger partial charge < -0.3 is 24.8 Å². The predicted molar refractivity (Wildman–Crippen MR) is 138 cm³/mol. The van der Waals surface area contributed by atoms with Crippen molar-refractivity contribution in [3.05, 3.63) is 41.0 Å². The van der Waals surface area contributed by atoms with Crippen LogP contribution in [0.5, 0.6) is 5.75 Å². The number of aliphatic hydroxyl groups excluding tert-OH is 1. The fraction of sp³-hybridized carbons (Fsp3) is 0.538. The molecule has 3 unspecified atom stereocenters. The van der Waals surface area contributed by atoms with Gasteiger partial charge in [-0.25, -0.2) is 4.98 Å². The number of rotatable bonds is 8. The topological polar surface area (TPSA) is 84.1 Å². The molecule has 2 N–H and O–H groups in total. The largest absolute Gasteiger partial charge is 0.491 e. The second kappa shape index (κ2) is 9.93. The van der Waals surface area contributed by atoms with Crippen molar-refractivity contribution in [2.45, 2.75) is 51.4 Å². The first kappa shape index (κ1) is 24.3. The van der Waals surface area contributed by atoms with Crippen LogP contribution in [0.3, 0.4) is 0 Å². The standard InChI is InChI=1S/C26H34ClN5O3/c1-15(2)22-11-29-32-25(31-12-21-5-16(3)24(13-31)35-21)9-23(30-26(22)32)17-6-18(27)8-20(7-17)34-14-19(33)10-28-4/h6-9,11,15-16,19,21,24,28,33H,5,10,12-14H2,1-4H3/t16-,19?,21?,24?/m1/s1. The second-order valence-corrected chi connectivity index (χ2v) is 10.5. The van der Waals surface area contributed by atoms with E-state index in [-0.39, 0.29) is 24.7 Å². The molecule has 188 valence electrons. The third kappa shape index (κ3) is 4.98. The van der Waals surface area contributed by atoms with Gasteiger partial charge in [0.1, 0.15) is 24.3 Å². The Morgan fingerprint density at radius 1 is 1.26 bits per heavy atom.